The van der Waals surface area contributed by atoms with Gasteiger partial charge in [-0.15, -0.1) is 11.6 Å². The molecule has 21 heavy (non-hydrogen) atoms. The molecule has 0 spiro atoms. The summed E-state index contributed by atoms with van der Waals surface area (Å²) in [7, 11) is 0. The van der Waals surface area contributed by atoms with Crippen molar-refractivity contribution in [1.29, 1.82) is 0 Å². The number of aryl methyl sites for hydroxylation is 2. The number of hydrogen-bond donors (Lipinski definition) is 0. The number of aromatic nitrogens is 4. The number of hydrogen-bond acceptors (Lipinski definition) is 3. The predicted octanol–water partition coefficient (Wildman–Crippen LogP) is 3.79. The first kappa shape index (κ1) is 14.0. The Morgan fingerprint density at radius 1 is 1.19 bits per heavy atom. The summed E-state index contributed by atoms with van der Waals surface area (Å²) in [6, 6.07) is 5.97. The number of fused-ring (bicyclic) bond motifs is 1. The SMILES string of the molecule is Cc1ccc2nc(C(C)Cl)n(Cc3cnccc3C)c2n1. The van der Waals surface area contributed by atoms with Gasteiger partial charge in [-0.1, -0.05) is 0 Å². The van der Waals surface area contributed by atoms with Gasteiger partial charge in [-0.25, -0.2) is 9.97 Å². The number of halogens is 1. The molecule has 4 nitrogen and oxygen atoms in total. The highest BCUT2D eigenvalue weighted by atomic mass is 35.5. The molecule has 3 heterocycles. The van der Waals surface area contributed by atoms with E-state index in [0.29, 0.717) is 6.54 Å². The van der Waals surface area contributed by atoms with Crippen LogP contribution >= 0.6 is 11.6 Å². The largest absolute Gasteiger partial charge is 0.307 e. The van der Waals surface area contributed by atoms with Crippen LogP contribution < -0.4 is 0 Å². The standard InChI is InChI=1S/C16H17ClN4/c1-10-6-7-18-8-13(10)9-21-15(12(3)17)20-14-5-4-11(2)19-16(14)21/h4-8,12H,9H2,1-3H3. The zero-order valence-electron chi connectivity index (χ0n) is 12.3. The Kier molecular flexibility index (Phi) is 3.64. The highest BCUT2D eigenvalue weighted by molar-refractivity contribution is 6.20. The van der Waals surface area contributed by atoms with E-state index in [0.717, 1.165) is 28.2 Å². The van der Waals surface area contributed by atoms with Gasteiger partial charge in [-0.05, 0) is 50.1 Å². The van der Waals surface area contributed by atoms with Crippen molar-refractivity contribution in [1.82, 2.24) is 19.5 Å². The van der Waals surface area contributed by atoms with E-state index >= 15 is 0 Å². The van der Waals surface area contributed by atoms with Gasteiger partial charge >= 0.3 is 0 Å². The maximum Gasteiger partial charge on any atom is 0.160 e. The molecule has 5 heteroatoms. The summed E-state index contributed by atoms with van der Waals surface area (Å²) < 4.78 is 2.09. The van der Waals surface area contributed by atoms with Gasteiger partial charge in [0.25, 0.3) is 0 Å². The molecule has 0 saturated heterocycles. The zero-order chi connectivity index (χ0) is 15.0. The van der Waals surface area contributed by atoms with Crippen molar-refractivity contribution in [3.8, 4) is 0 Å². The van der Waals surface area contributed by atoms with Crippen molar-refractivity contribution in [2.75, 3.05) is 0 Å². The first-order chi connectivity index (χ1) is 10.1. The van der Waals surface area contributed by atoms with Gasteiger partial charge in [0.2, 0.25) is 0 Å². The predicted molar refractivity (Wildman–Crippen MR) is 84.6 cm³/mol. The Hall–Kier alpha value is -1.94. The van der Waals surface area contributed by atoms with E-state index in [-0.39, 0.29) is 5.38 Å². The molecular weight excluding hydrogens is 284 g/mol. The quantitative estimate of drug-likeness (QED) is 0.691. The molecule has 0 saturated carbocycles. The number of alkyl halides is 1. The van der Waals surface area contributed by atoms with Crippen LogP contribution in [0.2, 0.25) is 0 Å². The summed E-state index contributed by atoms with van der Waals surface area (Å²) in [5.74, 6) is 0.841. The van der Waals surface area contributed by atoms with Crippen molar-refractivity contribution in [2.45, 2.75) is 32.7 Å². The van der Waals surface area contributed by atoms with Crippen LogP contribution in [0.25, 0.3) is 11.2 Å². The van der Waals surface area contributed by atoms with E-state index in [4.69, 9.17) is 11.6 Å². The molecule has 1 unspecified atom stereocenters. The van der Waals surface area contributed by atoms with Gasteiger partial charge in [-0.3, -0.25) is 4.98 Å². The van der Waals surface area contributed by atoms with Crippen molar-refractivity contribution in [3.63, 3.8) is 0 Å². The van der Waals surface area contributed by atoms with Gasteiger partial charge in [0.05, 0.1) is 11.9 Å². The second-order valence-corrected chi connectivity index (χ2v) is 5.92. The van der Waals surface area contributed by atoms with Gasteiger partial charge in [0.1, 0.15) is 11.3 Å². The Labute approximate surface area is 128 Å². The molecule has 0 bridgehead atoms. The fourth-order valence-electron chi connectivity index (χ4n) is 2.41. The molecule has 3 aromatic rings. The zero-order valence-corrected chi connectivity index (χ0v) is 13.1. The van der Waals surface area contributed by atoms with Gasteiger partial charge in [0.15, 0.2) is 5.65 Å². The monoisotopic (exact) mass is 300 g/mol. The summed E-state index contributed by atoms with van der Waals surface area (Å²) in [6.07, 6.45) is 3.69. The molecule has 0 N–H and O–H groups in total. The maximum atomic E-state index is 6.30. The lowest BCUT2D eigenvalue weighted by molar-refractivity contribution is 0.730. The fraction of sp³-hybridized carbons (Fsp3) is 0.312. The van der Waals surface area contributed by atoms with Crippen molar-refractivity contribution >= 4 is 22.8 Å². The first-order valence-electron chi connectivity index (χ1n) is 6.93. The van der Waals surface area contributed by atoms with Gasteiger partial charge < -0.3 is 4.57 Å². The van der Waals surface area contributed by atoms with Crippen molar-refractivity contribution < 1.29 is 0 Å². The Morgan fingerprint density at radius 2 is 2.00 bits per heavy atom. The van der Waals surface area contributed by atoms with Crippen LogP contribution in [0.15, 0.2) is 30.6 Å². The van der Waals surface area contributed by atoms with Crippen LogP contribution in [0.4, 0.5) is 0 Å². The molecule has 0 amide bonds. The first-order valence-corrected chi connectivity index (χ1v) is 7.37. The Bertz CT molecular complexity index is 792. The molecule has 108 valence electrons. The smallest absolute Gasteiger partial charge is 0.160 e. The van der Waals surface area contributed by atoms with Crippen molar-refractivity contribution in [3.05, 3.63) is 53.2 Å². The number of pyridine rings is 2. The lowest BCUT2D eigenvalue weighted by Crippen LogP contribution is -2.08. The molecule has 0 aromatic carbocycles. The molecular formula is C16H17ClN4. The van der Waals surface area contributed by atoms with Crippen molar-refractivity contribution in [2.24, 2.45) is 0 Å². The van der Waals surface area contributed by atoms with E-state index < -0.39 is 0 Å². The fourth-order valence-corrected chi connectivity index (χ4v) is 2.57. The minimum Gasteiger partial charge on any atom is -0.307 e. The van der Waals surface area contributed by atoms with E-state index in [9.17, 15) is 0 Å². The third kappa shape index (κ3) is 2.63. The molecule has 3 rings (SSSR count). The second kappa shape index (κ2) is 5.45. The molecule has 0 aliphatic heterocycles. The molecule has 0 radical (unpaired) electrons. The number of nitrogens with zero attached hydrogens (tertiary/aromatic N) is 4. The highest BCUT2D eigenvalue weighted by Crippen LogP contribution is 2.25. The number of imidazole rings is 1. The summed E-state index contributed by atoms with van der Waals surface area (Å²) in [5.41, 5.74) is 5.08. The van der Waals surface area contributed by atoms with Crippen LogP contribution in [0.5, 0.6) is 0 Å². The van der Waals surface area contributed by atoms with Crippen LogP contribution in [-0.4, -0.2) is 19.5 Å². The normalized spacial score (nSPS) is 12.8. The minimum atomic E-state index is -0.170. The topological polar surface area (TPSA) is 43.6 Å². The molecule has 1 atom stereocenters. The molecule has 0 fully saturated rings. The molecule has 3 aromatic heterocycles. The van der Waals surface area contributed by atoms with Gasteiger partial charge in [-0.2, -0.15) is 0 Å². The van der Waals surface area contributed by atoms with Gasteiger partial charge in [0, 0.05) is 18.1 Å². The highest BCUT2D eigenvalue weighted by Gasteiger charge is 2.16. The maximum absolute atomic E-state index is 6.30. The van der Waals surface area contributed by atoms with Crippen LogP contribution in [0.1, 0.15) is 34.9 Å². The number of rotatable bonds is 3. The molecule has 0 aliphatic carbocycles. The summed E-state index contributed by atoms with van der Waals surface area (Å²) in [6.45, 7) is 6.68. The van der Waals surface area contributed by atoms with Crippen LogP contribution in [0, 0.1) is 13.8 Å². The van der Waals surface area contributed by atoms with E-state index in [2.05, 4.69) is 26.4 Å². The van der Waals surface area contributed by atoms with Crippen LogP contribution in [-0.2, 0) is 6.54 Å². The molecule has 0 aliphatic rings. The average Bonchev–Trinajstić information content (AvgIpc) is 2.80. The lowest BCUT2D eigenvalue weighted by Gasteiger charge is -2.11. The third-order valence-electron chi connectivity index (χ3n) is 3.59. The average molecular weight is 301 g/mol. The van der Waals surface area contributed by atoms with Crippen LogP contribution in [0.3, 0.4) is 0 Å². The Balaban J connectivity index is 2.17. The summed E-state index contributed by atoms with van der Waals surface area (Å²) in [5, 5.41) is -0.170. The third-order valence-corrected chi connectivity index (χ3v) is 3.79. The summed E-state index contributed by atoms with van der Waals surface area (Å²) in [4.78, 5) is 13.5. The summed E-state index contributed by atoms with van der Waals surface area (Å²) >= 11 is 6.30. The van der Waals surface area contributed by atoms with E-state index in [1.165, 1.54) is 5.56 Å². The minimum absolute atomic E-state index is 0.170. The Morgan fingerprint density at radius 3 is 2.71 bits per heavy atom. The van der Waals surface area contributed by atoms with E-state index in [1.54, 1.807) is 6.20 Å². The van der Waals surface area contributed by atoms with E-state index in [1.807, 2.05) is 38.2 Å². The second-order valence-electron chi connectivity index (χ2n) is 5.27. The lowest BCUT2D eigenvalue weighted by atomic mass is 10.1.